The van der Waals surface area contributed by atoms with E-state index < -0.39 is 0 Å². The molecule has 0 saturated heterocycles. The van der Waals surface area contributed by atoms with Crippen molar-refractivity contribution in [1.82, 2.24) is 4.98 Å². The van der Waals surface area contributed by atoms with Gasteiger partial charge in [-0.1, -0.05) is 12.1 Å². The van der Waals surface area contributed by atoms with E-state index in [1.807, 2.05) is 32.0 Å². The van der Waals surface area contributed by atoms with Crippen molar-refractivity contribution in [2.24, 2.45) is 5.73 Å². The van der Waals surface area contributed by atoms with Crippen molar-refractivity contribution in [3.8, 4) is 5.75 Å². The van der Waals surface area contributed by atoms with Crippen molar-refractivity contribution < 1.29 is 9.53 Å². The van der Waals surface area contributed by atoms with Crippen LogP contribution in [0.1, 0.15) is 29.9 Å². The fourth-order valence-corrected chi connectivity index (χ4v) is 2.54. The molecule has 0 unspecified atom stereocenters. The molecule has 0 radical (unpaired) electrons. The zero-order chi connectivity index (χ0) is 18.7. The minimum absolute atomic E-state index is 0.0637. The fraction of sp³-hybridized carbons (Fsp3) is 0.150. The summed E-state index contributed by atoms with van der Waals surface area (Å²) >= 11 is 0. The average molecular weight is 348 g/mol. The highest BCUT2D eigenvalue weighted by Crippen LogP contribution is 2.20. The summed E-state index contributed by atoms with van der Waals surface area (Å²) in [7, 11) is 0. The number of anilines is 1. The molecule has 2 aromatic carbocycles. The highest BCUT2D eigenvalue weighted by Gasteiger charge is 2.09. The molecule has 3 aromatic rings. The number of nitrogens with two attached hydrogens (primary N) is 1. The molecule has 0 aliphatic carbocycles. The smallest absolute Gasteiger partial charge is 0.255 e. The normalized spacial score (nSPS) is 10.7. The Morgan fingerprint density at radius 3 is 2.69 bits per heavy atom. The van der Waals surface area contributed by atoms with Gasteiger partial charge in [0.2, 0.25) is 0 Å². The van der Waals surface area contributed by atoms with Gasteiger partial charge in [-0.3, -0.25) is 10.2 Å². The van der Waals surface area contributed by atoms with E-state index in [0.717, 1.165) is 5.39 Å². The Hall–Kier alpha value is -3.41. The number of rotatable bonds is 5. The Morgan fingerprint density at radius 2 is 1.96 bits per heavy atom. The molecule has 6 heteroatoms. The number of ether oxygens (including phenoxy) is 1. The predicted octanol–water partition coefficient (Wildman–Crippen LogP) is 3.56. The van der Waals surface area contributed by atoms with Crippen LogP contribution in [0.3, 0.4) is 0 Å². The number of nitrogen functional groups attached to an aromatic ring is 1. The lowest BCUT2D eigenvalue weighted by Gasteiger charge is -2.11. The van der Waals surface area contributed by atoms with Gasteiger partial charge in [-0.15, -0.1) is 0 Å². The summed E-state index contributed by atoms with van der Waals surface area (Å²) in [5.41, 5.74) is 7.74. The number of fused-ring (bicyclic) bond motifs is 1. The second-order valence-electron chi connectivity index (χ2n) is 6.17. The van der Waals surface area contributed by atoms with Crippen LogP contribution >= 0.6 is 0 Å². The first-order valence-corrected chi connectivity index (χ1v) is 8.25. The van der Waals surface area contributed by atoms with Crippen LogP contribution < -0.4 is 15.8 Å². The van der Waals surface area contributed by atoms with Crippen LogP contribution in [0.25, 0.3) is 10.9 Å². The summed E-state index contributed by atoms with van der Waals surface area (Å²) in [4.78, 5) is 16.8. The Kier molecular flexibility index (Phi) is 4.84. The third-order valence-corrected chi connectivity index (χ3v) is 3.69. The van der Waals surface area contributed by atoms with Gasteiger partial charge in [0.05, 0.1) is 11.6 Å². The lowest BCUT2D eigenvalue weighted by Crippen LogP contribution is -2.13. The molecule has 0 atom stereocenters. The molecule has 1 heterocycles. The summed E-state index contributed by atoms with van der Waals surface area (Å²) in [5, 5.41) is 11.1. The van der Waals surface area contributed by atoms with Crippen LogP contribution in [-0.4, -0.2) is 22.8 Å². The third kappa shape index (κ3) is 3.97. The number of amides is 1. The van der Waals surface area contributed by atoms with Crippen molar-refractivity contribution in [2.75, 3.05) is 5.32 Å². The molecule has 6 nitrogen and oxygen atoms in total. The Morgan fingerprint density at radius 1 is 1.15 bits per heavy atom. The number of carbonyl (C=O) groups is 1. The largest absolute Gasteiger partial charge is 0.491 e. The number of aromatic nitrogens is 1. The first-order chi connectivity index (χ1) is 12.4. The summed E-state index contributed by atoms with van der Waals surface area (Å²) in [6.45, 7) is 3.90. The van der Waals surface area contributed by atoms with Crippen LogP contribution in [0.5, 0.6) is 5.75 Å². The molecular formula is C20H20N4O2. The van der Waals surface area contributed by atoms with Crippen molar-refractivity contribution in [3.63, 3.8) is 0 Å². The number of nitrogens with one attached hydrogen (secondary N) is 2. The van der Waals surface area contributed by atoms with Crippen molar-refractivity contribution >= 4 is 28.3 Å². The summed E-state index contributed by atoms with van der Waals surface area (Å²) < 4.78 is 5.64. The molecule has 0 spiro atoms. The van der Waals surface area contributed by atoms with Crippen LogP contribution in [0.15, 0.2) is 54.6 Å². The van der Waals surface area contributed by atoms with E-state index >= 15 is 0 Å². The quantitative estimate of drug-likeness (QED) is 0.485. The molecule has 0 aliphatic rings. The van der Waals surface area contributed by atoms with E-state index in [9.17, 15) is 4.79 Å². The first-order valence-electron chi connectivity index (χ1n) is 8.25. The molecule has 0 bridgehead atoms. The van der Waals surface area contributed by atoms with Gasteiger partial charge < -0.3 is 15.8 Å². The molecular weight excluding hydrogens is 328 g/mol. The third-order valence-electron chi connectivity index (χ3n) is 3.69. The second kappa shape index (κ2) is 7.23. The molecule has 4 N–H and O–H groups in total. The average Bonchev–Trinajstić information content (AvgIpc) is 2.60. The maximum absolute atomic E-state index is 12.5. The Bertz CT molecular complexity index is 982. The molecule has 132 valence electrons. The minimum Gasteiger partial charge on any atom is -0.491 e. The molecule has 3 rings (SSSR count). The first kappa shape index (κ1) is 17.4. The number of pyridine rings is 1. The van der Waals surface area contributed by atoms with E-state index in [4.69, 9.17) is 15.9 Å². The predicted molar refractivity (Wildman–Crippen MR) is 103 cm³/mol. The number of hydrogen-bond acceptors (Lipinski definition) is 4. The molecule has 0 saturated carbocycles. The van der Waals surface area contributed by atoms with Gasteiger partial charge in [-0.05, 0) is 50.2 Å². The molecule has 1 aromatic heterocycles. The van der Waals surface area contributed by atoms with Gasteiger partial charge >= 0.3 is 0 Å². The van der Waals surface area contributed by atoms with Gasteiger partial charge in [0, 0.05) is 22.7 Å². The van der Waals surface area contributed by atoms with Crippen molar-refractivity contribution in [3.05, 3.63) is 65.9 Å². The number of hydrogen-bond donors (Lipinski definition) is 3. The summed E-state index contributed by atoms with van der Waals surface area (Å²) in [6, 6.07) is 16.0. The van der Waals surface area contributed by atoms with Gasteiger partial charge in [0.1, 0.15) is 17.3 Å². The van der Waals surface area contributed by atoms with Gasteiger partial charge in [0.15, 0.2) is 0 Å². The van der Waals surface area contributed by atoms with E-state index in [2.05, 4.69) is 10.3 Å². The van der Waals surface area contributed by atoms with E-state index in [1.165, 1.54) is 0 Å². The Labute approximate surface area is 151 Å². The van der Waals surface area contributed by atoms with Gasteiger partial charge in [-0.2, -0.15) is 0 Å². The number of nitrogens with zero attached hydrogens (tertiary/aromatic N) is 1. The Balaban J connectivity index is 1.81. The maximum atomic E-state index is 12.5. The highest BCUT2D eigenvalue weighted by atomic mass is 16.5. The lowest BCUT2D eigenvalue weighted by atomic mass is 10.1. The highest BCUT2D eigenvalue weighted by molar-refractivity contribution is 6.06. The number of benzene rings is 2. The topological polar surface area (TPSA) is 101 Å². The van der Waals surface area contributed by atoms with Crippen LogP contribution in [0, 0.1) is 5.41 Å². The van der Waals surface area contributed by atoms with Crippen molar-refractivity contribution in [2.45, 2.75) is 20.0 Å². The standard InChI is InChI=1S/C20H20N4O2/c1-12(2)26-16-5-3-4-15(11-16)23-20(25)14-7-8-17-13(10-14)6-9-18(24-17)19(21)22/h3-12H,1-2H3,(H3,21,22)(H,23,25). The monoisotopic (exact) mass is 348 g/mol. The zero-order valence-corrected chi connectivity index (χ0v) is 14.6. The number of carbonyl (C=O) groups excluding carboxylic acids is 1. The van der Waals surface area contributed by atoms with Crippen LogP contribution in [-0.2, 0) is 0 Å². The summed E-state index contributed by atoms with van der Waals surface area (Å²) in [6.07, 6.45) is 0.0637. The van der Waals surface area contributed by atoms with Crippen LogP contribution in [0.4, 0.5) is 5.69 Å². The second-order valence-corrected chi connectivity index (χ2v) is 6.17. The van der Waals surface area contributed by atoms with Crippen molar-refractivity contribution in [1.29, 1.82) is 5.41 Å². The molecule has 0 aliphatic heterocycles. The van der Waals surface area contributed by atoms with Gasteiger partial charge in [0.25, 0.3) is 5.91 Å². The zero-order valence-electron chi connectivity index (χ0n) is 14.6. The molecule has 1 amide bonds. The molecule has 0 fully saturated rings. The van der Waals surface area contributed by atoms with E-state index in [1.54, 1.807) is 36.4 Å². The minimum atomic E-state index is -0.218. The maximum Gasteiger partial charge on any atom is 0.255 e. The van der Waals surface area contributed by atoms with E-state index in [-0.39, 0.29) is 17.8 Å². The van der Waals surface area contributed by atoms with Gasteiger partial charge in [-0.25, -0.2) is 4.98 Å². The lowest BCUT2D eigenvalue weighted by molar-refractivity contribution is 0.102. The summed E-state index contributed by atoms with van der Waals surface area (Å²) in [5.74, 6) is 0.402. The fourth-order valence-electron chi connectivity index (χ4n) is 2.54. The number of amidine groups is 1. The molecule has 26 heavy (non-hydrogen) atoms. The van der Waals surface area contributed by atoms with Crippen LogP contribution in [0.2, 0.25) is 0 Å². The SMILES string of the molecule is CC(C)Oc1cccc(NC(=O)c2ccc3nc(C(=N)N)ccc3c2)c1. The van der Waals surface area contributed by atoms with E-state index in [0.29, 0.717) is 28.2 Å².